The van der Waals surface area contributed by atoms with Crippen LogP contribution in [0.1, 0.15) is 30.1 Å². The summed E-state index contributed by atoms with van der Waals surface area (Å²) in [5, 5.41) is 9.46. The smallest absolute Gasteiger partial charge is 0.254 e. The van der Waals surface area contributed by atoms with Crippen LogP contribution in [0.4, 0.5) is 8.78 Å². The Kier molecular flexibility index (Phi) is 7.25. The number of amides is 2. The highest BCUT2D eigenvalue weighted by atomic mass is 19.1. The molecule has 0 fully saturated rings. The number of carbonyl (C=O) groups is 2. The zero-order valence-electron chi connectivity index (χ0n) is 14.5. The molecule has 0 spiro atoms. The molecule has 2 aromatic rings. The van der Waals surface area contributed by atoms with Crippen LogP contribution >= 0.6 is 0 Å². The summed E-state index contributed by atoms with van der Waals surface area (Å²) in [6.07, 6.45) is 4.25. The number of carbonyl (C=O) groups excluding carboxylic acids is 2. The van der Waals surface area contributed by atoms with Crippen molar-refractivity contribution in [2.75, 3.05) is 13.1 Å². The maximum Gasteiger partial charge on any atom is 0.254 e. The molecule has 1 aromatic carbocycles. The molecule has 2 amide bonds. The van der Waals surface area contributed by atoms with Gasteiger partial charge in [-0.2, -0.15) is 5.10 Å². The first kappa shape index (κ1) is 19.6. The summed E-state index contributed by atoms with van der Waals surface area (Å²) in [4.78, 5) is 23.6. The van der Waals surface area contributed by atoms with E-state index < -0.39 is 17.5 Å². The monoisotopic (exact) mass is 364 g/mol. The molecule has 1 unspecified atom stereocenters. The lowest BCUT2D eigenvalue weighted by Crippen LogP contribution is -2.31. The van der Waals surface area contributed by atoms with Gasteiger partial charge in [0.1, 0.15) is 11.6 Å². The fraction of sp³-hybridized carbons (Fsp3) is 0.389. The van der Waals surface area contributed by atoms with Gasteiger partial charge in [-0.1, -0.05) is 6.92 Å². The summed E-state index contributed by atoms with van der Waals surface area (Å²) in [6, 6.07) is 4.62. The molecular weight excluding hydrogens is 342 g/mol. The zero-order valence-corrected chi connectivity index (χ0v) is 14.5. The lowest BCUT2D eigenvalue weighted by molar-refractivity contribution is -0.121. The Hall–Kier alpha value is -2.77. The number of benzene rings is 1. The van der Waals surface area contributed by atoms with Crippen molar-refractivity contribution < 1.29 is 18.4 Å². The van der Waals surface area contributed by atoms with Crippen LogP contribution in [0.5, 0.6) is 0 Å². The molecule has 1 aromatic heterocycles. The van der Waals surface area contributed by atoms with E-state index in [0.717, 1.165) is 12.1 Å². The van der Waals surface area contributed by atoms with E-state index in [-0.39, 0.29) is 30.4 Å². The number of halogens is 2. The molecule has 1 heterocycles. The largest absolute Gasteiger partial charge is 0.356 e. The molecule has 140 valence electrons. The molecule has 0 saturated carbocycles. The second kappa shape index (κ2) is 9.65. The van der Waals surface area contributed by atoms with Crippen LogP contribution in [0.2, 0.25) is 0 Å². The second-order valence-corrected chi connectivity index (χ2v) is 6.12. The van der Waals surface area contributed by atoms with Gasteiger partial charge in [0.2, 0.25) is 5.91 Å². The van der Waals surface area contributed by atoms with Gasteiger partial charge in [0.15, 0.2) is 0 Å². The average Bonchev–Trinajstić information content (AvgIpc) is 3.09. The van der Waals surface area contributed by atoms with Crippen LogP contribution in [0, 0.1) is 17.6 Å². The van der Waals surface area contributed by atoms with Gasteiger partial charge in [-0.15, -0.1) is 0 Å². The Morgan fingerprint density at radius 1 is 1.27 bits per heavy atom. The van der Waals surface area contributed by atoms with Crippen molar-refractivity contribution in [2.45, 2.75) is 26.3 Å². The fourth-order valence-electron chi connectivity index (χ4n) is 2.39. The molecule has 0 radical (unpaired) electrons. The van der Waals surface area contributed by atoms with Crippen LogP contribution in [-0.2, 0) is 11.3 Å². The molecule has 2 rings (SSSR count). The van der Waals surface area contributed by atoms with E-state index in [1.165, 1.54) is 0 Å². The SMILES string of the molecule is CC(CNC(=O)CCCNC(=O)c1ccc(F)cc1F)Cn1cccn1. The Bertz CT molecular complexity index is 735. The summed E-state index contributed by atoms with van der Waals surface area (Å²) >= 11 is 0. The number of nitrogens with zero attached hydrogens (tertiary/aromatic N) is 2. The average molecular weight is 364 g/mol. The molecule has 0 aliphatic rings. The second-order valence-electron chi connectivity index (χ2n) is 6.12. The van der Waals surface area contributed by atoms with E-state index in [9.17, 15) is 18.4 Å². The van der Waals surface area contributed by atoms with E-state index in [4.69, 9.17) is 0 Å². The summed E-state index contributed by atoms with van der Waals surface area (Å²) in [6.45, 7) is 3.49. The summed E-state index contributed by atoms with van der Waals surface area (Å²) in [7, 11) is 0. The Morgan fingerprint density at radius 2 is 2.08 bits per heavy atom. The molecule has 0 aliphatic carbocycles. The van der Waals surface area contributed by atoms with Crippen LogP contribution < -0.4 is 10.6 Å². The molecule has 0 aliphatic heterocycles. The van der Waals surface area contributed by atoms with Crippen LogP contribution in [-0.4, -0.2) is 34.7 Å². The summed E-state index contributed by atoms with van der Waals surface area (Å²) < 4.78 is 28.1. The third kappa shape index (κ3) is 6.27. The van der Waals surface area contributed by atoms with Gasteiger partial charge in [-0.25, -0.2) is 8.78 Å². The first-order valence-electron chi connectivity index (χ1n) is 8.43. The van der Waals surface area contributed by atoms with Gasteiger partial charge in [0.05, 0.1) is 5.56 Å². The van der Waals surface area contributed by atoms with Crippen molar-refractivity contribution in [1.82, 2.24) is 20.4 Å². The van der Waals surface area contributed by atoms with Crippen molar-refractivity contribution >= 4 is 11.8 Å². The third-order valence-corrected chi connectivity index (χ3v) is 3.75. The number of rotatable bonds is 9. The first-order chi connectivity index (χ1) is 12.5. The minimum atomic E-state index is -0.911. The van der Waals surface area contributed by atoms with Crippen LogP contribution in [0.25, 0.3) is 0 Å². The molecule has 0 bridgehead atoms. The maximum absolute atomic E-state index is 13.5. The highest BCUT2D eigenvalue weighted by molar-refractivity contribution is 5.94. The lowest BCUT2D eigenvalue weighted by Gasteiger charge is -2.13. The molecule has 1 atom stereocenters. The van der Waals surface area contributed by atoms with E-state index in [1.54, 1.807) is 10.9 Å². The fourth-order valence-corrected chi connectivity index (χ4v) is 2.39. The van der Waals surface area contributed by atoms with E-state index >= 15 is 0 Å². The van der Waals surface area contributed by atoms with Gasteiger partial charge in [-0.05, 0) is 30.5 Å². The number of hydrogen-bond donors (Lipinski definition) is 2. The normalized spacial score (nSPS) is 11.8. The van der Waals surface area contributed by atoms with E-state index in [2.05, 4.69) is 15.7 Å². The third-order valence-electron chi connectivity index (χ3n) is 3.75. The van der Waals surface area contributed by atoms with Crippen LogP contribution in [0.15, 0.2) is 36.7 Å². The lowest BCUT2D eigenvalue weighted by atomic mass is 10.1. The standard InChI is InChI=1S/C18H22F2N4O2/c1-13(12-24-9-3-8-23-24)11-22-17(25)4-2-7-21-18(26)15-6-5-14(19)10-16(15)20/h3,5-6,8-10,13H,2,4,7,11-12H2,1H3,(H,21,26)(H,22,25). The molecular formula is C18H22F2N4O2. The number of hydrogen-bond acceptors (Lipinski definition) is 3. The molecule has 0 saturated heterocycles. The first-order valence-corrected chi connectivity index (χ1v) is 8.43. The number of aromatic nitrogens is 2. The van der Waals surface area contributed by atoms with Crippen molar-refractivity contribution in [3.63, 3.8) is 0 Å². The maximum atomic E-state index is 13.5. The van der Waals surface area contributed by atoms with Crippen molar-refractivity contribution in [1.29, 1.82) is 0 Å². The van der Waals surface area contributed by atoms with Crippen molar-refractivity contribution in [2.24, 2.45) is 5.92 Å². The van der Waals surface area contributed by atoms with Gasteiger partial charge < -0.3 is 10.6 Å². The molecule has 8 heteroatoms. The molecule has 26 heavy (non-hydrogen) atoms. The van der Waals surface area contributed by atoms with Crippen molar-refractivity contribution in [3.05, 3.63) is 53.9 Å². The highest BCUT2D eigenvalue weighted by Gasteiger charge is 2.12. The van der Waals surface area contributed by atoms with Gasteiger partial charge in [0.25, 0.3) is 5.91 Å². The minimum Gasteiger partial charge on any atom is -0.356 e. The Labute approximate surface area is 150 Å². The quantitative estimate of drug-likeness (QED) is 0.669. The highest BCUT2D eigenvalue weighted by Crippen LogP contribution is 2.09. The van der Waals surface area contributed by atoms with Crippen LogP contribution in [0.3, 0.4) is 0 Å². The van der Waals surface area contributed by atoms with Gasteiger partial charge in [-0.3, -0.25) is 14.3 Å². The van der Waals surface area contributed by atoms with Gasteiger partial charge >= 0.3 is 0 Å². The number of nitrogens with one attached hydrogen (secondary N) is 2. The predicted molar refractivity (Wildman–Crippen MR) is 92.3 cm³/mol. The Balaban J connectivity index is 1.61. The summed E-state index contributed by atoms with van der Waals surface area (Å²) in [5.41, 5.74) is -0.219. The molecule has 6 nitrogen and oxygen atoms in total. The zero-order chi connectivity index (χ0) is 18.9. The topological polar surface area (TPSA) is 76.0 Å². The van der Waals surface area contributed by atoms with Gasteiger partial charge in [0, 0.05) is 44.5 Å². The predicted octanol–water partition coefficient (Wildman–Crippen LogP) is 2.12. The Morgan fingerprint density at radius 3 is 2.77 bits per heavy atom. The van der Waals surface area contributed by atoms with E-state index in [1.807, 2.05) is 19.2 Å². The minimum absolute atomic E-state index is 0.112. The summed E-state index contributed by atoms with van der Waals surface area (Å²) in [5.74, 6) is -2.15. The van der Waals surface area contributed by atoms with Crippen molar-refractivity contribution in [3.8, 4) is 0 Å². The van der Waals surface area contributed by atoms with E-state index in [0.29, 0.717) is 25.6 Å². The molecule has 2 N–H and O–H groups in total.